The molecule has 0 spiro atoms. The van der Waals surface area contributed by atoms with Crippen LogP contribution in [0.5, 0.6) is 0 Å². The predicted octanol–water partition coefficient (Wildman–Crippen LogP) is 0.730. The highest BCUT2D eigenvalue weighted by Crippen LogP contribution is 2.15. The van der Waals surface area contributed by atoms with Gasteiger partial charge in [-0.15, -0.1) is 0 Å². The van der Waals surface area contributed by atoms with Gasteiger partial charge in [0.05, 0.1) is 18.4 Å². The first kappa shape index (κ1) is 16.7. The Labute approximate surface area is 130 Å². The molecule has 0 amide bonds. The Balaban J connectivity index is 2.04. The van der Waals surface area contributed by atoms with E-state index in [2.05, 4.69) is 4.98 Å². The van der Waals surface area contributed by atoms with Crippen LogP contribution < -0.4 is 4.90 Å². The van der Waals surface area contributed by atoms with Crippen LogP contribution in [-0.4, -0.2) is 62.7 Å². The van der Waals surface area contributed by atoms with E-state index in [0.717, 1.165) is 18.8 Å². The summed E-state index contributed by atoms with van der Waals surface area (Å²) in [5.41, 5.74) is 0.415. The first-order valence-corrected chi connectivity index (χ1v) is 9.10. The molecule has 8 heteroatoms. The van der Waals surface area contributed by atoms with E-state index < -0.39 is 10.0 Å². The Morgan fingerprint density at radius 2 is 2.05 bits per heavy atom. The summed E-state index contributed by atoms with van der Waals surface area (Å²) in [5, 5.41) is 0. The fraction of sp³-hybridized carbons (Fsp3) is 0.571. The largest absolute Gasteiger partial charge is 0.462 e. The maximum atomic E-state index is 11.6. The minimum atomic E-state index is -3.15. The second-order valence-corrected chi connectivity index (χ2v) is 7.11. The molecule has 1 aliphatic heterocycles. The molecule has 2 rings (SSSR count). The van der Waals surface area contributed by atoms with Gasteiger partial charge in [-0.1, -0.05) is 0 Å². The summed E-state index contributed by atoms with van der Waals surface area (Å²) in [6.07, 6.45) is 3.47. The van der Waals surface area contributed by atoms with Crippen LogP contribution in [0.2, 0.25) is 0 Å². The fourth-order valence-corrected chi connectivity index (χ4v) is 3.24. The van der Waals surface area contributed by atoms with E-state index in [9.17, 15) is 13.2 Å². The van der Waals surface area contributed by atoms with Gasteiger partial charge in [0.25, 0.3) is 0 Å². The van der Waals surface area contributed by atoms with Crippen molar-refractivity contribution in [3.8, 4) is 0 Å². The molecule has 122 valence electrons. The van der Waals surface area contributed by atoms with E-state index in [1.165, 1.54) is 16.8 Å². The predicted molar refractivity (Wildman–Crippen MR) is 83.4 cm³/mol. The molecule has 0 N–H and O–H groups in total. The Hall–Kier alpha value is -1.67. The molecule has 1 aromatic heterocycles. The summed E-state index contributed by atoms with van der Waals surface area (Å²) in [5.74, 6) is 0.351. The van der Waals surface area contributed by atoms with E-state index in [4.69, 9.17) is 4.74 Å². The van der Waals surface area contributed by atoms with E-state index in [-0.39, 0.29) is 5.97 Å². The zero-order chi connectivity index (χ0) is 16.2. The number of aromatic nitrogens is 1. The lowest BCUT2D eigenvalue weighted by atomic mass is 10.2. The van der Waals surface area contributed by atoms with Gasteiger partial charge in [0.2, 0.25) is 10.0 Å². The molecule has 0 atom stereocenters. The average Bonchev–Trinajstić information content (AvgIpc) is 2.73. The third-order valence-electron chi connectivity index (χ3n) is 3.51. The van der Waals surface area contributed by atoms with Crippen molar-refractivity contribution >= 4 is 21.8 Å². The van der Waals surface area contributed by atoms with E-state index >= 15 is 0 Å². The number of ether oxygens (including phenoxy) is 1. The summed E-state index contributed by atoms with van der Waals surface area (Å²) in [7, 11) is -3.15. The Morgan fingerprint density at radius 1 is 1.27 bits per heavy atom. The highest BCUT2D eigenvalue weighted by molar-refractivity contribution is 7.88. The number of rotatable bonds is 4. The number of hydrogen-bond acceptors (Lipinski definition) is 6. The fourth-order valence-electron chi connectivity index (χ4n) is 2.36. The average molecular weight is 327 g/mol. The monoisotopic (exact) mass is 327 g/mol. The summed E-state index contributed by atoms with van der Waals surface area (Å²) < 4.78 is 29.6. The second-order valence-electron chi connectivity index (χ2n) is 5.13. The number of anilines is 1. The first-order valence-electron chi connectivity index (χ1n) is 7.25. The van der Waals surface area contributed by atoms with Gasteiger partial charge >= 0.3 is 5.97 Å². The lowest BCUT2D eigenvalue weighted by Gasteiger charge is -2.22. The lowest BCUT2D eigenvalue weighted by Crippen LogP contribution is -2.34. The molecule has 0 saturated carbocycles. The summed E-state index contributed by atoms with van der Waals surface area (Å²) in [6.45, 7) is 4.37. The molecule has 0 bridgehead atoms. The minimum Gasteiger partial charge on any atom is -0.462 e. The molecule has 0 radical (unpaired) electrons. The molecule has 0 aliphatic carbocycles. The van der Waals surface area contributed by atoms with Gasteiger partial charge in [-0.05, 0) is 25.5 Å². The molecule has 0 unspecified atom stereocenters. The van der Waals surface area contributed by atoms with E-state index in [0.29, 0.717) is 31.8 Å². The smallest absolute Gasteiger partial charge is 0.339 e. The number of carbonyl (C=O) groups excluding carboxylic acids is 1. The summed E-state index contributed by atoms with van der Waals surface area (Å²) in [6, 6.07) is 3.45. The van der Waals surface area contributed by atoms with Gasteiger partial charge in [-0.25, -0.2) is 22.5 Å². The molecule has 0 aromatic carbocycles. The SMILES string of the molecule is CCOC(=O)c1ccc(N2CCCN(S(C)(=O)=O)CC2)nc1. The number of carbonyl (C=O) groups is 1. The highest BCUT2D eigenvalue weighted by atomic mass is 32.2. The maximum absolute atomic E-state index is 11.6. The third-order valence-corrected chi connectivity index (χ3v) is 4.81. The normalized spacial score (nSPS) is 17.1. The maximum Gasteiger partial charge on any atom is 0.339 e. The molecule has 1 aromatic rings. The van der Waals surface area contributed by atoms with Gasteiger partial charge in [-0.3, -0.25) is 0 Å². The van der Waals surface area contributed by atoms with E-state index in [1.807, 2.05) is 4.90 Å². The Kier molecular flexibility index (Phi) is 5.36. The number of sulfonamides is 1. The van der Waals surface area contributed by atoms with Gasteiger partial charge in [0, 0.05) is 32.4 Å². The number of nitrogens with zero attached hydrogens (tertiary/aromatic N) is 3. The van der Waals surface area contributed by atoms with Crippen LogP contribution in [0.15, 0.2) is 18.3 Å². The molecular weight excluding hydrogens is 306 g/mol. The Morgan fingerprint density at radius 3 is 2.64 bits per heavy atom. The molecule has 7 nitrogen and oxygen atoms in total. The zero-order valence-corrected chi connectivity index (χ0v) is 13.7. The van der Waals surface area contributed by atoms with Crippen molar-refractivity contribution in [2.45, 2.75) is 13.3 Å². The minimum absolute atomic E-state index is 0.327. The quantitative estimate of drug-likeness (QED) is 0.759. The van der Waals surface area contributed by atoms with Gasteiger partial charge in [0.1, 0.15) is 5.82 Å². The zero-order valence-electron chi connectivity index (χ0n) is 12.9. The van der Waals surface area contributed by atoms with Crippen LogP contribution in [-0.2, 0) is 14.8 Å². The van der Waals surface area contributed by atoms with Crippen molar-refractivity contribution in [2.24, 2.45) is 0 Å². The summed E-state index contributed by atoms with van der Waals surface area (Å²) >= 11 is 0. The van der Waals surface area contributed by atoms with Crippen molar-refractivity contribution < 1.29 is 17.9 Å². The van der Waals surface area contributed by atoms with Crippen LogP contribution >= 0.6 is 0 Å². The summed E-state index contributed by atoms with van der Waals surface area (Å²) in [4.78, 5) is 17.9. The topological polar surface area (TPSA) is 79.8 Å². The van der Waals surface area contributed by atoms with Crippen molar-refractivity contribution in [1.82, 2.24) is 9.29 Å². The van der Waals surface area contributed by atoms with Crippen molar-refractivity contribution in [2.75, 3.05) is 43.9 Å². The highest BCUT2D eigenvalue weighted by Gasteiger charge is 2.22. The first-order chi connectivity index (χ1) is 10.4. The number of hydrogen-bond donors (Lipinski definition) is 0. The van der Waals surface area contributed by atoms with E-state index in [1.54, 1.807) is 19.1 Å². The van der Waals surface area contributed by atoms with Gasteiger partial charge in [0.15, 0.2) is 0 Å². The molecule has 1 saturated heterocycles. The molecule has 22 heavy (non-hydrogen) atoms. The molecule has 2 heterocycles. The van der Waals surface area contributed by atoms with Crippen LogP contribution in [0.1, 0.15) is 23.7 Å². The number of pyridine rings is 1. The standard InChI is InChI=1S/C14H21N3O4S/c1-3-21-14(18)12-5-6-13(15-11-12)16-7-4-8-17(10-9-16)22(2,19)20/h5-6,11H,3-4,7-10H2,1-2H3. The van der Waals surface area contributed by atoms with Crippen LogP contribution in [0, 0.1) is 0 Å². The van der Waals surface area contributed by atoms with Crippen molar-refractivity contribution in [3.63, 3.8) is 0 Å². The van der Waals surface area contributed by atoms with Crippen LogP contribution in [0.3, 0.4) is 0 Å². The second kappa shape index (κ2) is 7.06. The lowest BCUT2D eigenvalue weighted by molar-refractivity contribution is 0.0526. The number of esters is 1. The van der Waals surface area contributed by atoms with Crippen LogP contribution in [0.4, 0.5) is 5.82 Å². The molecule has 1 fully saturated rings. The third kappa shape index (κ3) is 4.17. The molecule has 1 aliphatic rings. The van der Waals surface area contributed by atoms with Crippen molar-refractivity contribution in [3.05, 3.63) is 23.9 Å². The van der Waals surface area contributed by atoms with Gasteiger partial charge < -0.3 is 9.64 Å². The van der Waals surface area contributed by atoms with Crippen LogP contribution in [0.25, 0.3) is 0 Å². The van der Waals surface area contributed by atoms with Gasteiger partial charge in [-0.2, -0.15) is 0 Å². The Bertz CT molecular complexity index is 615. The molecular formula is C14H21N3O4S. The van der Waals surface area contributed by atoms with Crippen molar-refractivity contribution in [1.29, 1.82) is 0 Å².